The molecule has 0 spiro atoms. The van der Waals surface area contributed by atoms with Crippen molar-refractivity contribution in [1.29, 1.82) is 0 Å². The third-order valence-electron chi connectivity index (χ3n) is 6.09. The van der Waals surface area contributed by atoms with Crippen LogP contribution in [0.5, 0.6) is 0 Å². The molecular formula is C24H30F3N7OS. The van der Waals surface area contributed by atoms with Crippen LogP contribution in [0.4, 0.5) is 30.6 Å². The Morgan fingerprint density at radius 2 is 2.06 bits per heavy atom. The Hall–Kier alpha value is -3.15. The van der Waals surface area contributed by atoms with Crippen molar-refractivity contribution in [2.24, 2.45) is 5.92 Å². The van der Waals surface area contributed by atoms with E-state index in [1.807, 2.05) is 17.9 Å². The van der Waals surface area contributed by atoms with E-state index in [4.69, 9.17) is 0 Å². The van der Waals surface area contributed by atoms with Gasteiger partial charge in [-0.2, -0.15) is 5.10 Å². The molecule has 0 unspecified atom stereocenters. The number of Topliss-reactive ketones (excluding diaryl/α,β-unsaturated/α-hetero) is 1. The van der Waals surface area contributed by atoms with Gasteiger partial charge < -0.3 is 10.2 Å². The summed E-state index contributed by atoms with van der Waals surface area (Å²) in [6.45, 7) is 3.23. The van der Waals surface area contributed by atoms with Crippen LogP contribution in [-0.2, 0) is 11.2 Å². The number of hydrogen-bond acceptors (Lipinski definition) is 8. The first-order valence-electron chi connectivity index (χ1n) is 11.7. The smallest absolute Gasteiger partial charge is 0.252 e. The molecule has 0 radical (unpaired) electrons. The second-order valence-corrected chi connectivity index (χ2v) is 10.7. The van der Waals surface area contributed by atoms with E-state index < -0.39 is 23.8 Å². The molecule has 5 rings (SSSR count). The highest BCUT2D eigenvalue weighted by atomic mass is 32.2. The third-order valence-corrected chi connectivity index (χ3v) is 6.93. The topological polar surface area (TPSA) is 99.7 Å². The van der Waals surface area contributed by atoms with Gasteiger partial charge in [0, 0.05) is 43.9 Å². The average Bonchev–Trinajstić information content (AvgIpc) is 3.54. The average molecular weight is 522 g/mol. The van der Waals surface area contributed by atoms with Gasteiger partial charge in [-0.15, -0.1) is 0 Å². The zero-order valence-corrected chi connectivity index (χ0v) is 20.7. The summed E-state index contributed by atoms with van der Waals surface area (Å²) in [5.74, 6) is -1.72. The normalized spacial score (nSPS) is 17.1. The number of nitrogens with one attached hydrogen (secondary N) is 2. The Bertz CT molecular complexity index is 1260. The predicted molar refractivity (Wildman–Crippen MR) is 134 cm³/mol. The molecule has 1 saturated carbocycles. The van der Waals surface area contributed by atoms with Crippen molar-refractivity contribution in [2.45, 2.75) is 61.2 Å². The van der Waals surface area contributed by atoms with Gasteiger partial charge in [-0.3, -0.25) is 14.9 Å². The molecule has 2 fully saturated rings. The molecule has 3 aromatic heterocycles. The largest absolute Gasteiger partial charge is 0.350 e. The molecule has 0 aromatic carbocycles. The van der Waals surface area contributed by atoms with Gasteiger partial charge in [0.2, 0.25) is 0 Å². The number of rotatable bonds is 10. The van der Waals surface area contributed by atoms with Gasteiger partial charge in [-0.1, -0.05) is 0 Å². The van der Waals surface area contributed by atoms with E-state index in [9.17, 15) is 18.0 Å². The van der Waals surface area contributed by atoms with Crippen LogP contribution >= 0.6 is 11.8 Å². The number of ketones is 1. The van der Waals surface area contributed by atoms with Gasteiger partial charge in [0.25, 0.3) is 5.92 Å². The molecule has 3 aromatic rings. The Labute approximate surface area is 213 Å². The summed E-state index contributed by atoms with van der Waals surface area (Å²) in [6.07, 6.45) is 2.47. The van der Waals surface area contributed by atoms with E-state index in [1.165, 1.54) is 11.8 Å². The standard InChI is InChI=1S/C24H26F3N7OS.2H2/c1-14-7-20(33-32-14)29-19-9-21(34-12-24(27,13-34)15-3-4-15)31-22(30-19)36-18-6-5-16(28-11-18)8-17(35)10-23(2,25)26;;/h5-7,9,11,15H,3-4,8,10,12-13H2,1-2H3,(H2,29,30,31,32,33);2*1H. The van der Waals surface area contributed by atoms with Crippen molar-refractivity contribution < 1.29 is 20.8 Å². The van der Waals surface area contributed by atoms with Gasteiger partial charge in [0.1, 0.15) is 23.1 Å². The summed E-state index contributed by atoms with van der Waals surface area (Å²) in [5.41, 5.74) is 0.159. The zero-order chi connectivity index (χ0) is 25.5. The van der Waals surface area contributed by atoms with Crippen LogP contribution in [-0.4, -0.2) is 55.6 Å². The van der Waals surface area contributed by atoms with E-state index >= 15 is 0 Å². The molecule has 0 amide bonds. The van der Waals surface area contributed by atoms with Crippen molar-refractivity contribution >= 4 is 35.0 Å². The molecule has 36 heavy (non-hydrogen) atoms. The highest BCUT2D eigenvalue weighted by Crippen LogP contribution is 2.48. The molecule has 12 heteroatoms. The maximum absolute atomic E-state index is 14.9. The number of carbonyl (C=O) groups is 1. The maximum Gasteiger partial charge on any atom is 0.252 e. The number of anilines is 3. The second-order valence-electron chi connectivity index (χ2n) is 9.67. The van der Waals surface area contributed by atoms with Crippen molar-refractivity contribution in [3.8, 4) is 0 Å². The summed E-state index contributed by atoms with van der Waals surface area (Å²) in [7, 11) is 0. The fraction of sp³-hybridized carbons (Fsp3) is 0.458. The van der Waals surface area contributed by atoms with E-state index in [0.717, 1.165) is 25.5 Å². The molecule has 0 bridgehead atoms. The predicted octanol–water partition coefficient (Wildman–Crippen LogP) is 5.39. The number of aryl methyl sites for hydroxylation is 1. The number of aromatic nitrogens is 5. The lowest BCUT2D eigenvalue weighted by Gasteiger charge is -2.45. The lowest BCUT2D eigenvalue weighted by atomic mass is 9.91. The van der Waals surface area contributed by atoms with Crippen LogP contribution in [0.2, 0.25) is 0 Å². The van der Waals surface area contributed by atoms with E-state index in [-0.39, 0.29) is 15.2 Å². The van der Waals surface area contributed by atoms with Gasteiger partial charge in [-0.05, 0) is 56.5 Å². The zero-order valence-electron chi connectivity index (χ0n) is 19.9. The Morgan fingerprint density at radius 3 is 2.67 bits per heavy atom. The minimum Gasteiger partial charge on any atom is -0.350 e. The van der Waals surface area contributed by atoms with E-state index in [2.05, 4.69) is 30.5 Å². The number of pyridine rings is 1. The Morgan fingerprint density at radius 1 is 1.28 bits per heavy atom. The van der Waals surface area contributed by atoms with E-state index in [1.54, 1.807) is 24.4 Å². The van der Waals surface area contributed by atoms with Crippen LogP contribution in [0.1, 0.15) is 40.4 Å². The van der Waals surface area contributed by atoms with Crippen LogP contribution < -0.4 is 10.2 Å². The fourth-order valence-corrected chi connectivity index (χ4v) is 4.93. The number of alkyl halides is 3. The van der Waals surface area contributed by atoms with Crippen LogP contribution in [0.15, 0.2) is 40.5 Å². The minimum atomic E-state index is -3.04. The van der Waals surface area contributed by atoms with Gasteiger partial charge >= 0.3 is 0 Å². The van der Waals surface area contributed by atoms with Crippen LogP contribution in [0.25, 0.3) is 0 Å². The molecule has 4 heterocycles. The lowest BCUT2D eigenvalue weighted by Crippen LogP contribution is -2.60. The summed E-state index contributed by atoms with van der Waals surface area (Å²) in [4.78, 5) is 27.9. The number of H-pyrrole nitrogens is 1. The first-order chi connectivity index (χ1) is 17.0. The van der Waals surface area contributed by atoms with Crippen LogP contribution in [0, 0.1) is 12.8 Å². The highest BCUT2D eigenvalue weighted by Gasteiger charge is 2.54. The fourth-order valence-electron chi connectivity index (χ4n) is 4.20. The second kappa shape index (κ2) is 9.38. The third kappa shape index (κ3) is 5.97. The monoisotopic (exact) mass is 521 g/mol. The number of carbonyl (C=O) groups excluding carboxylic acids is 1. The molecule has 0 atom stereocenters. The lowest BCUT2D eigenvalue weighted by molar-refractivity contribution is -0.124. The Balaban J connectivity index is 0.00000200. The first-order valence-corrected chi connectivity index (χ1v) is 12.5. The van der Waals surface area contributed by atoms with Gasteiger partial charge in [-0.25, -0.2) is 23.1 Å². The maximum atomic E-state index is 14.9. The molecule has 1 aliphatic carbocycles. The summed E-state index contributed by atoms with van der Waals surface area (Å²) in [5, 5.41) is 10.6. The van der Waals surface area contributed by atoms with Gasteiger partial charge in [0.05, 0.1) is 19.5 Å². The summed E-state index contributed by atoms with van der Waals surface area (Å²) >= 11 is 1.26. The summed E-state index contributed by atoms with van der Waals surface area (Å²) < 4.78 is 41.1. The van der Waals surface area contributed by atoms with Crippen molar-refractivity contribution in [1.82, 2.24) is 25.1 Å². The Kier molecular flexibility index (Phi) is 6.39. The number of aromatic amines is 1. The molecule has 2 aliphatic rings. The molecule has 2 N–H and O–H groups in total. The summed E-state index contributed by atoms with van der Waals surface area (Å²) in [6, 6.07) is 6.99. The first kappa shape index (κ1) is 24.5. The quantitative estimate of drug-likeness (QED) is 0.343. The minimum absolute atomic E-state index is 0. The number of nitrogens with zero attached hydrogens (tertiary/aromatic N) is 5. The van der Waals surface area contributed by atoms with Crippen LogP contribution in [0.3, 0.4) is 0 Å². The molecular weight excluding hydrogens is 491 g/mol. The molecule has 8 nitrogen and oxygen atoms in total. The molecule has 1 aliphatic heterocycles. The van der Waals surface area contributed by atoms with E-state index in [0.29, 0.717) is 46.3 Å². The van der Waals surface area contributed by atoms with Crippen molar-refractivity contribution in [3.05, 3.63) is 41.9 Å². The SMILES string of the molecule is Cc1cc(Nc2cc(N3CC(F)(C4CC4)C3)nc(Sc3ccc(CC(=O)CC(C)(F)F)nc3)n2)n[nH]1.[HH].[HH]. The molecule has 1 saturated heterocycles. The van der Waals surface area contributed by atoms with Crippen molar-refractivity contribution in [3.63, 3.8) is 0 Å². The highest BCUT2D eigenvalue weighted by molar-refractivity contribution is 7.99. The number of hydrogen-bond donors (Lipinski definition) is 2. The van der Waals surface area contributed by atoms with Gasteiger partial charge in [0.15, 0.2) is 11.0 Å². The van der Waals surface area contributed by atoms with Crippen molar-refractivity contribution in [2.75, 3.05) is 23.3 Å². The molecule has 194 valence electrons. The number of halogens is 3.